The van der Waals surface area contributed by atoms with Gasteiger partial charge in [-0.15, -0.1) is 0 Å². The van der Waals surface area contributed by atoms with Gasteiger partial charge in [-0.2, -0.15) is 13.2 Å². The lowest BCUT2D eigenvalue weighted by molar-refractivity contribution is -0.137. The summed E-state index contributed by atoms with van der Waals surface area (Å²) in [6.45, 7) is 4.00. The molecule has 34 heavy (non-hydrogen) atoms. The molecule has 1 atom stereocenters. The van der Waals surface area contributed by atoms with Crippen molar-refractivity contribution < 1.29 is 18.0 Å². The van der Waals surface area contributed by atoms with Crippen LogP contribution in [0.1, 0.15) is 31.4 Å². The smallest absolute Gasteiger partial charge is 0.358 e. The average Bonchev–Trinajstić information content (AvgIpc) is 3.20. The van der Waals surface area contributed by atoms with E-state index in [0.29, 0.717) is 17.5 Å². The van der Waals surface area contributed by atoms with Crippen molar-refractivity contribution in [1.82, 2.24) is 15.3 Å². The minimum atomic E-state index is -4.29. The standard InChI is InChI=1S/C16H18N2O.C8H5F3N2.C2H6/c1-18-16(19)15(17)14-9-5-8-13(10-11-14)12-6-3-2-4-7-12;9-8(10,11)5-1-2-6-7(3-5)13-4-12-6;1-2/h2-8,10-11,15H,9,17H2,1H3,(H,18,19);1-4H,(H,12,13);1-2H3. The van der Waals surface area contributed by atoms with Crippen LogP contribution in [-0.2, 0) is 11.0 Å². The fourth-order valence-electron chi connectivity index (χ4n) is 3.13. The highest BCUT2D eigenvalue weighted by molar-refractivity contribution is 5.85. The number of carbonyl (C=O) groups is 1. The fraction of sp³-hybridized carbons (Fsp3) is 0.231. The summed E-state index contributed by atoms with van der Waals surface area (Å²) in [5, 5.41) is 2.58. The maximum absolute atomic E-state index is 12.2. The number of nitrogens with one attached hydrogen (secondary N) is 2. The highest BCUT2D eigenvalue weighted by Crippen LogP contribution is 2.30. The Morgan fingerprint density at radius 2 is 1.82 bits per heavy atom. The number of hydrogen-bond donors (Lipinski definition) is 3. The van der Waals surface area contributed by atoms with Gasteiger partial charge in [0.1, 0.15) is 6.04 Å². The second kappa shape index (κ2) is 12.6. The van der Waals surface area contributed by atoms with Gasteiger partial charge in [0.25, 0.3) is 0 Å². The van der Waals surface area contributed by atoms with Crippen LogP contribution < -0.4 is 11.1 Å². The van der Waals surface area contributed by atoms with Crippen molar-refractivity contribution in [1.29, 1.82) is 0 Å². The molecule has 0 spiro atoms. The number of alkyl halides is 3. The van der Waals surface area contributed by atoms with E-state index in [1.165, 1.54) is 12.4 Å². The fourth-order valence-corrected chi connectivity index (χ4v) is 3.13. The molecule has 0 aliphatic heterocycles. The SMILES string of the molecule is CC.CNC(=O)C(N)C1=CC=C(c2ccccc2)C=CC1.FC(F)(F)c1ccc2nc[nH]c2c1. The molecule has 1 heterocycles. The molecule has 180 valence electrons. The number of nitrogens with two attached hydrogens (primary N) is 1. The lowest BCUT2D eigenvalue weighted by Crippen LogP contribution is -2.40. The normalized spacial score (nSPS) is 13.9. The number of aromatic amines is 1. The number of fused-ring (bicyclic) bond motifs is 1. The van der Waals surface area contributed by atoms with Crippen LogP contribution in [0.15, 0.2) is 84.7 Å². The van der Waals surface area contributed by atoms with Crippen LogP contribution in [0.2, 0.25) is 0 Å². The Morgan fingerprint density at radius 1 is 1.12 bits per heavy atom. The molecular weight excluding hydrogens is 441 g/mol. The van der Waals surface area contributed by atoms with E-state index in [4.69, 9.17) is 5.73 Å². The summed E-state index contributed by atoms with van der Waals surface area (Å²) in [6, 6.07) is 13.0. The molecule has 1 unspecified atom stereocenters. The van der Waals surface area contributed by atoms with Gasteiger partial charge >= 0.3 is 6.18 Å². The second-order valence-corrected chi connectivity index (χ2v) is 7.06. The molecule has 8 heteroatoms. The largest absolute Gasteiger partial charge is 0.416 e. The van der Waals surface area contributed by atoms with Gasteiger partial charge in [0.2, 0.25) is 5.91 Å². The number of halogens is 3. The molecule has 1 aromatic heterocycles. The molecule has 1 aliphatic rings. The van der Waals surface area contributed by atoms with E-state index in [0.717, 1.165) is 28.8 Å². The van der Waals surface area contributed by atoms with Gasteiger partial charge in [0.15, 0.2) is 0 Å². The van der Waals surface area contributed by atoms with Gasteiger partial charge in [-0.05, 0) is 41.3 Å². The summed E-state index contributed by atoms with van der Waals surface area (Å²) in [5.74, 6) is -0.156. The molecule has 4 N–H and O–H groups in total. The van der Waals surface area contributed by atoms with Crippen LogP contribution in [0.3, 0.4) is 0 Å². The van der Waals surface area contributed by atoms with Crippen LogP contribution in [0, 0.1) is 0 Å². The third-order valence-electron chi connectivity index (χ3n) is 4.91. The topological polar surface area (TPSA) is 83.8 Å². The predicted octanol–water partition coefficient (Wildman–Crippen LogP) is 5.64. The van der Waals surface area contributed by atoms with Gasteiger partial charge in [-0.1, -0.05) is 68.5 Å². The number of aromatic nitrogens is 2. The molecule has 1 aliphatic carbocycles. The van der Waals surface area contributed by atoms with Crippen LogP contribution in [0.5, 0.6) is 0 Å². The van der Waals surface area contributed by atoms with Crippen molar-refractivity contribution >= 4 is 22.5 Å². The van der Waals surface area contributed by atoms with Crippen LogP contribution in [0.4, 0.5) is 13.2 Å². The zero-order valence-electron chi connectivity index (χ0n) is 19.4. The number of benzene rings is 2. The monoisotopic (exact) mass is 470 g/mol. The highest BCUT2D eigenvalue weighted by atomic mass is 19.4. The van der Waals surface area contributed by atoms with Crippen molar-refractivity contribution in [2.45, 2.75) is 32.5 Å². The van der Waals surface area contributed by atoms with E-state index in [1.807, 2.05) is 50.3 Å². The number of carbonyl (C=O) groups excluding carboxylic acids is 1. The number of hydrogen-bond acceptors (Lipinski definition) is 3. The van der Waals surface area contributed by atoms with Crippen molar-refractivity contribution in [2.24, 2.45) is 5.73 Å². The Morgan fingerprint density at radius 3 is 2.47 bits per heavy atom. The van der Waals surface area contributed by atoms with Gasteiger partial charge < -0.3 is 16.0 Å². The minimum absolute atomic E-state index is 0.156. The highest BCUT2D eigenvalue weighted by Gasteiger charge is 2.30. The van der Waals surface area contributed by atoms with E-state index >= 15 is 0 Å². The van der Waals surface area contributed by atoms with Crippen molar-refractivity contribution in [3.63, 3.8) is 0 Å². The molecule has 4 rings (SSSR count). The van der Waals surface area contributed by atoms with Crippen LogP contribution in [-0.4, -0.2) is 29.0 Å². The number of likely N-dealkylation sites (N-methyl/N-ethyl adjacent to an activating group) is 1. The first-order chi connectivity index (χ1) is 16.3. The lowest BCUT2D eigenvalue weighted by atomic mass is 10.0. The predicted molar refractivity (Wildman–Crippen MR) is 131 cm³/mol. The van der Waals surface area contributed by atoms with Crippen LogP contribution >= 0.6 is 0 Å². The summed E-state index contributed by atoms with van der Waals surface area (Å²) in [6.07, 6.45) is 5.83. The van der Waals surface area contributed by atoms with E-state index < -0.39 is 17.8 Å². The number of rotatable bonds is 3. The molecule has 5 nitrogen and oxygen atoms in total. The molecule has 0 fully saturated rings. The minimum Gasteiger partial charge on any atom is -0.358 e. The van der Waals surface area contributed by atoms with Crippen molar-refractivity contribution in [2.75, 3.05) is 7.05 Å². The van der Waals surface area contributed by atoms with E-state index in [1.54, 1.807) is 7.05 Å². The Balaban J connectivity index is 0.000000237. The molecule has 2 aromatic carbocycles. The first-order valence-corrected chi connectivity index (χ1v) is 10.9. The molecule has 0 radical (unpaired) electrons. The summed E-state index contributed by atoms with van der Waals surface area (Å²) in [4.78, 5) is 18.0. The summed E-state index contributed by atoms with van der Waals surface area (Å²) in [7, 11) is 1.60. The summed E-state index contributed by atoms with van der Waals surface area (Å²) in [5.41, 5.74) is 9.38. The summed E-state index contributed by atoms with van der Waals surface area (Å²) >= 11 is 0. The number of imidazole rings is 1. The Hall–Kier alpha value is -3.65. The van der Waals surface area contributed by atoms with Gasteiger partial charge in [-0.25, -0.2) is 4.98 Å². The van der Waals surface area contributed by atoms with E-state index in [9.17, 15) is 18.0 Å². The molecule has 0 bridgehead atoms. The first-order valence-electron chi connectivity index (χ1n) is 10.9. The Labute approximate surface area is 197 Å². The van der Waals surface area contributed by atoms with E-state index in [2.05, 4.69) is 33.5 Å². The van der Waals surface area contributed by atoms with Crippen molar-refractivity contribution in [3.05, 3.63) is 95.9 Å². The Bertz CT molecular complexity index is 1160. The van der Waals surface area contributed by atoms with Gasteiger partial charge in [0.05, 0.1) is 22.9 Å². The third-order valence-corrected chi connectivity index (χ3v) is 4.91. The molecule has 0 saturated carbocycles. The third kappa shape index (κ3) is 7.18. The average molecular weight is 471 g/mol. The molecule has 3 aromatic rings. The lowest BCUT2D eigenvalue weighted by Gasteiger charge is -2.11. The second-order valence-electron chi connectivity index (χ2n) is 7.06. The number of allylic oxidation sites excluding steroid dienone is 5. The number of nitrogens with zero attached hydrogens (tertiary/aromatic N) is 1. The summed E-state index contributed by atoms with van der Waals surface area (Å²) < 4.78 is 36.6. The van der Waals surface area contributed by atoms with Crippen LogP contribution in [0.25, 0.3) is 16.6 Å². The van der Waals surface area contributed by atoms with Crippen molar-refractivity contribution in [3.8, 4) is 0 Å². The Kier molecular flexibility index (Phi) is 9.82. The van der Waals surface area contributed by atoms with Gasteiger partial charge in [0, 0.05) is 7.05 Å². The zero-order valence-corrected chi connectivity index (χ0v) is 19.4. The molecular formula is C26H29F3N4O. The number of amides is 1. The van der Waals surface area contributed by atoms with Gasteiger partial charge in [-0.3, -0.25) is 4.79 Å². The molecule has 0 saturated heterocycles. The maximum Gasteiger partial charge on any atom is 0.416 e. The first kappa shape index (κ1) is 26.6. The quantitative estimate of drug-likeness (QED) is 0.463. The van der Waals surface area contributed by atoms with E-state index in [-0.39, 0.29) is 5.91 Å². The zero-order chi connectivity index (χ0) is 25.1. The maximum atomic E-state index is 12.2. The number of H-pyrrole nitrogens is 1. The molecule has 1 amide bonds.